The van der Waals surface area contributed by atoms with Crippen molar-refractivity contribution in [3.63, 3.8) is 0 Å². The van der Waals surface area contributed by atoms with E-state index in [9.17, 15) is 4.79 Å². The topological polar surface area (TPSA) is 41.6 Å². The third kappa shape index (κ3) is 5.79. The molecule has 6 heteroatoms. The lowest BCUT2D eigenvalue weighted by Gasteiger charge is -2.29. The molecule has 0 spiro atoms. The molecule has 4 nitrogen and oxygen atoms in total. The van der Waals surface area contributed by atoms with E-state index in [4.69, 9.17) is 27.9 Å². The predicted octanol–water partition coefficient (Wildman–Crippen LogP) is 6.39. The Balaban J connectivity index is 1.38. The average molecular weight is 455 g/mol. The Morgan fingerprint density at radius 3 is 2.03 bits per heavy atom. The SMILES string of the molecule is CN1CCC(Oc2ccc(-c3ccc(NC(=O)c4cc(Cl)cc(Cl)c4)cc3)cc2)CC1. The Labute approximate surface area is 192 Å². The second-order valence-corrected chi connectivity index (χ2v) is 8.71. The first-order valence-corrected chi connectivity index (χ1v) is 11.0. The van der Waals surface area contributed by atoms with Gasteiger partial charge in [-0.05, 0) is 73.5 Å². The summed E-state index contributed by atoms with van der Waals surface area (Å²) in [6.07, 6.45) is 2.42. The Kier molecular flexibility index (Phi) is 6.81. The first-order valence-electron chi connectivity index (χ1n) is 10.3. The summed E-state index contributed by atoms with van der Waals surface area (Å²) >= 11 is 12.0. The van der Waals surface area contributed by atoms with Crippen molar-refractivity contribution in [2.45, 2.75) is 18.9 Å². The maximum Gasteiger partial charge on any atom is 0.255 e. The fraction of sp³-hybridized carbons (Fsp3) is 0.240. The van der Waals surface area contributed by atoms with Gasteiger partial charge in [0.25, 0.3) is 5.91 Å². The number of rotatable bonds is 5. The molecular formula is C25H24Cl2N2O2. The van der Waals surface area contributed by atoms with Crippen molar-refractivity contribution in [2.24, 2.45) is 0 Å². The minimum Gasteiger partial charge on any atom is -0.490 e. The molecule has 0 atom stereocenters. The quantitative estimate of drug-likeness (QED) is 0.485. The predicted molar refractivity (Wildman–Crippen MR) is 127 cm³/mol. The van der Waals surface area contributed by atoms with Gasteiger partial charge in [-0.2, -0.15) is 0 Å². The maximum absolute atomic E-state index is 12.4. The number of nitrogens with zero attached hydrogens (tertiary/aromatic N) is 1. The van der Waals surface area contributed by atoms with E-state index in [2.05, 4.69) is 29.4 Å². The minimum absolute atomic E-state index is 0.257. The van der Waals surface area contributed by atoms with Crippen LogP contribution in [0, 0.1) is 0 Å². The number of amides is 1. The van der Waals surface area contributed by atoms with Crippen molar-refractivity contribution in [2.75, 3.05) is 25.5 Å². The van der Waals surface area contributed by atoms with Crippen LogP contribution in [0.1, 0.15) is 23.2 Å². The van der Waals surface area contributed by atoms with E-state index in [0.717, 1.165) is 42.8 Å². The van der Waals surface area contributed by atoms with Gasteiger partial charge in [0, 0.05) is 34.4 Å². The number of hydrogen-bond donors (Lipinski definition) is 1. The van der Waals surface area contributed by atoms with Crippen LogP contribution < -0.4 is 10.1 Å². The highest BCUT2D eigenvalue weighted by atomic mass is 35.5. The monoisotopic (exact) mass is 454 g/mol. The van der Waals surface area contributed by atoms with Gasteiger partial charge in [0.15, 0.2) is 0 Å². The third-order valence-corrected chi connectivity index (χ3v) is 5.86. The molecule has 160 valence electrons. The number of nitrogens with one attached hydrogen (secondary N) is 1. The molecule has 0 aliphatic carbocycles. The molecule has 1 saturated heterocycles. The van der Waals surface area contributed by atoms with Crippen molar-refractivity contribution in [1.29, 1.82) is 0 Å². The number of halogens is 2. The number of anilines is 1. The Morgan fingerprint density at radius 2 is 1.45 bits per heavy atom. The lowest BCUT2D eigenvalue weighted by atomic mass is 10.0. The van der Waals surface area contributed by atoms with Gasteiger partial charge in [-0.25, -0.2) is 0 Å². The van der Waals surface area contributed by atoms with Gasteiger partial charge in [0.2, 0.25) is 0 Å². The van der Waals surface area contributed by atoms with Crippen molar-refractivity contribution in [1.82, 2.24) is 4.90 Å². The van der Waals surface area contributed by atoms with Crippen LogP contribution in [0.2, 0.25) is 10.0 Å². The van der Waals surface area contributed by atoms with Gasteiger partial charge in [0.05, 0.1) is 0 Å². The number of benzene rings is 3. The summed E-state index contributed by atoms with van der Waals surface area (Å²) in [7, 11) is 2.15. The van der Waals surface area contributed by atoms with Crippen molar-refractivity contribution < 1.29 is 9.53 Å². The average Bonchev–Trinajstić information content (AvgIpc) is 2.76. The van der Waals surface area contributed by atoms with Gasteiger partial charge in [0.1, 0.15) is 11.9 Å². The molecule has 1 amide bonds. The molecule has 3 aromatic carbocycles. The van der Waals surface area contributed by atoms with Gasteiger partial charge < -0.3 is 15.0 Å². The van der Waals surface area contributed by atoms with Crippen LogP contribution >= 0.6 is 23.2 Å². The second kappa shape index (κ2) is 9.73. The molecule has 1 aliphatic rings. The van der Waals surface area contributed by atoms with E-state index < -0.39 is 0 Å². The summed E-state index contributed by atoms with van der Waals surface area (Å²) in [5.74, 6) is 0.648. The molecule has 1 fully saturated rings. The molecule has 1 heterocycles. The van der Waals surface area contributed by atoms with E-state index in [0.29, 0.717) is 27.4 Å². The summed E-state index contributed by atoms with van der Waals surface area (Å²) in [6.45, 7) is 2.16. The lowest BCUT2D eigenvalue weighted by Crippen LogP contribution is -2.35. The molecule has 1 aliphatic heterocycles. The van der Waals surface area contributed by atoms with Crippen LogP contribution in [0.15, 0.2) is 66.7 Å². The number of carbonyl (C=O) groups is 1. The zero-order chi connectivity index (χ0) is 21.8. The number of ether oxygens (including phenoxy) is 1. The standard InChI is InChI=1S/C25H24Cl2N2O2/c1-29-12-10-24(11-13-29)31-23-8-4-18(5-9-23)17-2-6-22(7-3-17)28-25(30)19-14-20(26)16-21(27)15-19/h2-9,14-16,24H,10-13H2,1H3,(H,28,30). The highest BCUT2D eigenvalue weighted by molar-refractivity contribution is 6.35. The number of likely N-dealkylation sites (tertiary alicyclic amines) is 1. The van der Waals surface area contributed by atoms with Crippen LogP contribution in [-0.2, 0) is 0 Å². The van der Waals surface area contributed by atoms with Gasteiger partial charge in [-0.1, -0.05) is 47.5 Å². The van der Waals surface area contributed by atoms with E-state index in [1.807, 2.05) is 36.4 Å². The van der Waals surface area contributed by atoms with E-state index in [-0.39, 0.29) is 5.91 Å². The molecule has 31 heavy (non-hydrogen) atoms. The van der Waals surface area contributed by atoms with Crippen LogP contribution in [0.4, 0.5) is 5.69 Å². The maximum atomic E-state index is 12.4. The van der Waals surface area contributed by atoms with Gasteiger partial charge >= 0.3 is 0 Å². The van der Waals surface area contributed by atoms with Crippen LogP contribution in [0.5, 0.6) is 5.75 Å². The van der Waals surface area contributed by atoms with Crippen molar-refractivity contribution in [3.05, 3.63) is 82.3 Å². The molecule has 3 aromatic rings. The van der Waals surface area contributed by atoms with Crippen molar-refractivity contribution >= 4 is 34.8 Å². The van der Waals surface area contributed by atoms with Crippen LogP contribution in [0.25, 0.3) is 11.1 Å². The first kappa shape index (κ1) is 21.7. The fourth-order valence-corrected chi connectivity index (χ4v) is 4.18. The van der Waals surface area contributed by atoms with E-state index >= 15 is 0 Å². The number of piperidine rings is 1. The molecular weight excluding hydrogens is 431 g/mol. The van der Waals surface area contributed by atoms with Crippen LogP contribution in [-0.4, -0.2) is 37.0 Å². The Bertz CT molecular complexity index is 1020. The molecule has 0 unspecified atom stereocenters. The second-order valence-electron chi connectivity index (χ2n) is 7.83. The zero-order valence-electron chi connectivity index (χ0n) is 17.3. The lowest BCUT2D eigenvalue weighted by molar-refractivity contribution is 0.102. The summed E-state index contributed by atoms with van der Waals surface area (Å²) in [5.41, 5.74) is 3.28. The smallest absolute Gasteiger partial charge is 0.255 e. The highest BCUT2D eigenvalue weighted by Crippen LogP contribution is 2.26. The van der Waals surface area contributed by atoms with Gasteiger partial charge in [-0.15, -0.1) is 0 Å². The van der Waals surface area contributed by atoms with Crippen LogP contribution in [0.3, 0.4) is 0 Å². The van der Waals surface area contributed by atoms with Crippen molar-refractivity contribution in [3.8, 4) is 16.9 Å². The molecule has 0 saturated carbocycles. The molecule has 0 radical (unpaired) electrons. The summed E-state index contributed by atoms with van der Waals surface area (Å²) in [5, 5.41) is 3.72. The third-order valence-electron chi connectivity index (χ3n) is 5.42. The molecule has 4 rings (SSSR count). The Hall–Kier alpha value is -2.53. The fourth-order valence-electron chi connectivity index (χ4n) is 3.66. The summed E-state index contributed by atoms with van der Waals surface area (Å²) in [6, 6.07) is 20.7. The minimum atomic E-state index is -0.257. The highest BCUT2D eigenvalue weighted by Gasteiger charge is 2.18. The molecule has 0 aromatic heterocycles. The number of carbonyl (C=O) groups excluding carboxylic acids is 1. The first-order chi connectivity index (χ1) is 15.0. The molecule has 1 N–H and O–H groups in total. The normalized spacial score (nSPS) is 14.9. The summed E-state index contributed by atoms with van der Waals surface area (Å²) < 4.78 is 6.12. The number of hydrogen-bond acceptors (Lipinski definition) is 3. The van der Waals surface area contributed by atoms with Gasteiger partial charge in [-0.3, -0.25) is 4.79 Å². The van der Waals surface area contributed by atoms with E-state index in [1.54, 1.807) is 18.2 Å². The van der Waals surface area contributed by atoms with E-state index in [1.165, 1.54) is 0 Å². The molecule has 0 bridgehead atoms. The summed E-state index contributed by atoms with van der Waals surface area (Å²) in [4.78, 5) is 14.8. The largest absolute Gasteiger partial charge is 0.490 e. The Morgan fingerprint density at radius 1 is 0.903 bits per heavy atom. The zero-order valence-corrected chi connectivity index (χ0v) is 18.8.